The van der Waals surface area contributed by atoms with E-state index in [1.165, 1.54) is 25.8 Å². The Morgan fingerprint density at radius 2 is 1.69 bits per heavy atom. The molecular formula is C26H41NO2. The smallest absolute Gasteiger partial charge is 0.152 e. The number of hydrogen-bond donors (Lipinski definition) is 0. The molecule has 0 aromatic heterocycles. The van der Waals surface area contributed by atoms with Gasteiger partial charge in [0.2, 0.25) is 0 Å². The number of ketones is 1. The van der Waals surface area contributed by atoms with Crippen molar-refractivity contribution in [1.29, 1.82) is 5.26 Å². The summed E-state index contributed by atoms with van der Waals surface area (Å²) in [5.41, 5.74) is 2.50. The third-order valence-electron chi connectivity index (χ3n) is 5.16. The lowest BCUT2D eigenvalue weighted by Gasteiger charge is -2.56. The summed E-state index contributed by atoms with van der Waals surface area (Å²) >= 11 is 0. The van der Waals surface area contributed by atoms with Gasteiger partial charge in [-0.05, 0) is 50.1 Å². The molecule has 0 aliphatic heterocycles. The molecule has 3 heteroatoms. The first-order valence-electron chi connectivity index (χ1n) is 10.9. The molecule has 0 atom stereocenters. The van der Waals surface area contributed by atoms with Crippen molar-refractivity contribution in [2.45, 2.75) is 94.6 Å². The molecule has 29 heavy (non-hydrogen) atoms. The maximum absolute atomic E-state index is 11.3. The molecule has 0 heterocycles. The summed E-state index contributed by atoms with van der Waals surface area (Å²) in [6, 6.07) is 5.82. The van der Waals surface area contributed by atoms with E-state index in [0.29, 0.717) is 5.56 Å². The SMILES string of the molecule is CC.CC(=O)/C=C\c1c(OC2C(C)(C)CC2(C)C)ccc(C#N)c1C.CCCC. The van der Waals surface area contributed by atoms with Crippen LogP contribution < -0.4 is 4.74 Å². The summed E-state index contributed by atoms with van der Waals surface area (Å²) in [4.78, 5) is 11.3. The van der Waals surface area contributed by atoms with E-state index in [4.69, 9.17) is 4.74 Å². The average Bonchev–Trinajstić information content (AvgIpc) is 2.66. The molecule has 1 fully saturated rings. The Kier molecular flexibility index (Phi) is 11.0. The van der Waals surface area contributed by atoms with Gasteiger partial charge >= 0.3 is 0 Å². The summed E-state index contributed by atoms with van der Waals surface area (Å²) in [6.07, 6.45) is 7.13. The van der Waals surface area contributed by atoms with Crippen molar-refractivity contribution in [3.63, 3.8) is 0 Å². The van der Waals surface area contributed by atoms with Crippen molar-refractivity contribution in [1.82, 2.24) is 0 Å². The lowest BCUT2D eigenvalue weighted by Crippen LogP contribution is -2.58. The van der Waals surface area contributed by atoms with Crippen LogP contribution in [0.5, 0.6) is 5.75 Å². The molecule has 162 valence electrons. The lowest BCUT2D eigenvalue weighted by molar-refractivity contribution is -0.133. The van der Waals surface area contributed by atoms with E-state index < -0.39 is 0 Å². The number of rotatable bonds is 5. The van der Waals surface area contributed by atoms with Crippen molar-refractivity contribution in [2.24, 2.45) is 10.8 Å². The minimum Gasteiger partial charge on any atom is -0.489 e. The van der Waals surface area contributed by atoms with Gasteiger partial charge in [-0.25, -0.2) is 0 Å². The summed E-state index contributed by atoms with van der Waals surface area (Å²) < 4.78 is 6.35. The second kappa shape index (κ2) is 11.8. The van der Waals surface area contributed by atoms with Crippen LogP contribution >= 0.6 is 0 Å². The molecular weight excluding hydrogens is 358 g/mol. The normalized spacial score (nSPS) is 16.4. The van der Waals surface area contributed by atoms with Gasteiger partial charge in [-0.1, -0.05) is 68.2 Å². The predicted octanol–water partition coefficient (Wildman–Crippen LogP) is 7.51. The number of benzene rings is 1. The third-order valence-corrected chi connectivity index (χ3v) is 5.16. The van der Waals surface area contributed by atoms with E-state index in [1.54, 1.807) is 12.1 Å². The Hall–Kier alpha value is -2.08. The molecule has 0 amide bonds. The van der Waals surface area contributed by atoms with Crippen LogP contribution in [0, 0.1) is 29.1 Å². The van der Waals surface area contributed by atoms with Gasteiger partial charge in [0.25, 0.3) is 0 Å². The quantitative estimate of drug-likeness (QED) is 0.481. The van der Waals surface area contributed by atoms with Gasteiger partial charge in [0.1, 0.15) is 11.9 Å². The minimum absolute atomic E-state index is 0.0259. The molecule has 0 unspecified atom stereocenters. The molecule has 0 spiro atoms. The minimum atomic E-state index is -0.0259. The molecule has 3 nitrogen and oxygen atoms in total. The van der Waals surface area contributed by atoms with Crippen LogP contribution in [0.25, 0.3) is 6.08 Å². The van der Waals surface area contributed by atoms with Crippen LogP contribution in [0.3, 0.4) is 0 Å². The maximum atomic E-state index is 11.3. The van der Waals surface area contributed by atoms with Gasteiger partial charge in [0.15, 0.2) is 5.78 Å². The number of nitrogens with zero attached hydrogens (tertiary/aromatic N) is 1. The van der Waals surface area contributed by atoms with E-state index in [1.807, 2.05) is 26.8 Å². The molecule has 0 saturated heterocycles. The number of ether oxygens (including phenoxy) is 1. The number of allylic oxidation sites excluding steroid dienone is 1. The van der Waals surface area contributed by atoms with Crippen molar-refractivity contribution < 1.29 is 9.53 Å². The van der Waals surface area contributed by atoms with Crippen LogP contribution in [0.1, 0.15) is 98.3 Å². The van der Waals surface area contributed by atoms with Gasteiger partial charge in [-0.3, -0.25) is 4.79 Å². The number of carbonyl (C=O) groups is 1. The van der Waals surface area contributed by atoms with E-state index in [0.717, 1.165) is 23.3 Å². The Morgan fingerprint density at radius 1 is 1.17 bits per heavy atom. The summed E-state index contributed by atoms with van der Waals surface area (Å²) in [5.74, 6) is 0.715. The second-order valence-corrected chi connectivity index (χ2v) is 8.86. The highest BCUT2D eigenvalue weighted by Crippen LogP contribution is 2.55. The molecule has 0 N–H and O–H groups in total. The average molecular weight is 400 g/mol. The first-order valence-corrected chi connectivity index (χ1v) is 10.9. The van der Waals surface area contributed by atoms with Crippen molar-refractivity contribution in [3.05, 3.63) is 34.9 Å². The zero-order valence-electron chi connectivity index (χ0n) is 20.3. The molecule has 1 aliphatic rings. The van der Waals surface area contributed by atoms with E-state index >= 15 is 0 Å². The van der Waals surface area contributed by atoms with E-state index in [-0.39, 0.29) is 22.7 Å². The highest BCUT2D eigenvalue weighted by Gasteiger charge is 2.55. The maximum Gasteiger partial charge on any atom is 0.152 e. The van der Waals surface area contributed by atoms with Gasteiger partial charge in [0, 0.05) is 16.4 Å². The Morgan fingerprint density at radius 3 is 2.07 bits per heavy atom. The van der Waals surface area contributed by atoms with Crippen LogP contribution in [-0.4, -0.2) is 11.9 Å². The summed E-state index contributed by atoms with van der Waals surface area (Å²) in [5, 5.41) is 9.23. The fourth-order valence-electron chi connectivity index (χ4n) is 4.07. The molecule has 1 aromatic rings. The van der Waals surface area contributed by atoms with Gasteiger partial charge in [-0.2, -0.15) is 5.26 Å². The Bertz CT molecular complexity index is 720. The monoisotopic (exact) mass is 399 g/mol. The topological polar surface area (TPSA) is 50.1 Å². The Labute approximate surface area is 179 Å². The lowest BCUT2D eigenvalue weighted by atomic mass is 9.53. The molecule has 1 saturated carbocycles. The standard InChI is InChI=1S/C20H25NO2.C4H10.C2H6/c1-13(22)7-9-16-14(2)15(11-21)8-10-17(16)23-18-19(3,4)12-20(18,5)6;1-3-4-2;1-2/h7-10,18H,12H2,1-6H3;3-4H2,1-2H3;1-2H3/b9-7-;;. The van der Waals surface area contributed by atoms with Crippen molar-refractivity contribution in [2.75, 3.05) is 0 Å². The highest BCUT2D eigenvalue weighted by atomic mass is 16.5. The fraction of sp³-hybridized carbons (Fsp3) is 0.615. The third kappa shape index (κ3) is 7.35. The molecule has 1 aliphatic carbocycles. The Balaban J connectivity index is 0.00000116. The predicted molar refractivity (Wildman–Crippen MR) is 124 cm³/mol. The van der Waals surface area contributed by atoms with Crippen LogP contribution in [0.2, 0.25) is 0 Å². The zero-order chi connectivity index (χ0) is 22.8. The fourth-order valence-corrected chi connectivity index (χ4v) is 4.07. The van der Waals surface area contributed by atoms with E-state index in [2.05, 4.69) is 47.6 Å². The number of hydrogen-bond acceptors (Lipinski definition) is 3. The first kappa shape index (κ1) is 26.9. The number of unbranched alkanes of at least 4 members (excludes halogenated alkanes) is 1. The van der Waals surface area contributed by atoms with Crippen LogP contribution in [0.4, 0.5) is 0 Å². The van der Waals surface area contributed by atoms with E-state index in [9.17, 15) is 10.1 Å². The van der Waals surface area contributed by atoms with Crippen LogP contribution in [0.15, 0.2) is 18.2 Å². The zero-order valence-corrected chi connectivity index (χ0v) is 20.3. The summed E-state index contributed by atoms with van der Waals surface area (Å²) in [7, 11) is 0. The summed E-state index contributed by atoms with van der Waals surface area (Å²) in [6.45, 7) is 20.6. The highest BCUT2D eigenvalue weighted by molar-refractivity contribution is 5.92. The molecule has 0 bridgehead atoms. The van der Waals surface area contributed by atoms with Gasteiger partial charge < -0.3 is 4.74 Å². The molecule has 2 rings (SSSR count). The van der Waals surface area contributed by atoms with Crippen LogP contribution in [-0.2, 0) is 4.79 Å². The number of carbonyl (C=O) groups excluding carboxylic acids is 1. The van der Waals surface area contributed by atoms with Gasteiger partial charge in [0.05, 0.1) is 11.6 Å². The van der Waals surface area contributed by atoms with Crippen molar-refractivity contribution in [3.8, 4) is 11.8 Å². The molecule has 1 aromatic carbocycles. The number of nitriles is 1. The van der Waals surface area contributed by atoms with Gasteiger partial charge in [-0.15, -0.1) is 0 Å². The largest absolute Gasteiger partial charge is 0.489 e. The van der Waals surface area contributed by atoms with Crippen molar-refractivity contribution >= 4 is 11.9 Å². The molecule has 0 radical (unpaired) electrons. The first-order chi connectivity index (χ1) is 13.5. The second-order valence-electron chi connectivity index (χ2n) is 8.86.